The minimum atomic E-state index is 0.257. The number of nitrogens with one attached hydrogen (secondary N) is 1. The number of aryl methyl sites for hydroxylation is 1. The molecule has 1 aliphatic carbocycles. The highest BCUT2D eigenvalue weighted by Gasteiger charge is 2.31. The SMILES string of the molecule is CCCNC1CCC(CC)CC1Oc1cc(Cl)ccc1C. The number of hydrogen-bond acceptors (Lipinski definition) is 2. The van der Waals surface area contributed by atoms with Crippen LogP contribution in [0, 0.1) is 12.8 Å². The fraction of sp³-hybridized carbons (Fsp3) is 0.667. The molecule has 1 aromatic rings. The van der Waals surface area contributed by atoms with E-state index in [2.05, 4.69) is 26.1 Å². The van der Waals surface area contributed by atoms with Gasteiger partial charge in [-0.3, -0.25) is 0 Å². The lowest BCUT2D eigenvalue weighted by Crippen LogP contribution is -2.47. The van der Waals surface area contributed by atoms with E-state index in [4.69, 9.17) is 16.3 Å². The number of ether oxygens (including phenoxy) is 1. The fourth-order valence-corrected chi connectivity index (χ4v) is 3.30. The monoisotopic (exact) mass is 309 g/mol. The zero-order valence-electron chi connectivity index (χ0n) is 13.5. The summed E-state index contributed by atoms with van der Waals surface area (Å²) in [5.41, 5.74) is 1.16. The molecular weight excluding hydrogens is 282 g/mol. The van der Waals surface area contributed by atoms with Crippen molar-refractivity contribution in [3.63, 3.8) is 0 Å². The molecule has 0 radical (unpaired) electrons. The van der Waals surface area contributed by atoms with Crippen molar-refractivity contribution in [2.45, 2.75) is 65.0 Å². The van der Waals surface area contributed by atoms with E-state index in [1.165, 1.54) is 19.3 Å². The summed E-state index contributed by atoms with van der Waals surface area (Å²) in [6.07, 6.45) is 6.33. The molecule has 2 rings (SSSR count). The van der Waals surface area contributed by atoms with Crippen molar-refractivity contribution in [3.05, 3.63) is 28.8 Å². The van der Waals surface area contributed by atoms with Crippen LogP contribution in [0.15, 0.2) is 18.2 Å². The molecule has 0 bridgehead atoms. The number of hydrogen-bond donors (Lipinski definition) is 1. The van der Waals surface area contributed by atoms with Crippen molar-refractivity contribution in [2.75, 3.05) is 6.54 Å². The predicted molar refractivity (Wildman–Crippen MR) is 90.3 cm³/mol. The lowest BCUT2D eigenvalue weighted by molar-refractivity contribution is 0.0843. The first kappa shape index (κ1) is 16.6. The molecule has 1 N–H and O–H groups in total. The third kappa shape index (κ3) is 4.62. The maximum absolute atomic E-state index is 6.36. The van der Waals surface area contributed by atoms with E-state index in [1.807, 2.05) is 18.2 Å². The van der Waals surface area contributed by atoms with Gasteiger partial charge in [0.25, 0.3) is 0 Å². The molecule has 0 aromatic heterocycles. The molecular formula is C18H28ClNO. The van der Waals surface area contributed by atoms with Gasteiger partial charge >= 0.3 is 0 Å². The summed E-state index contributed by atoms with van der Waals surface area (Å²) in [7, 11) is 0. The van der Waals surface area contributed by atoms with Crippen LogP contribution in [0.4, 0.5) is 0 Å². The third-order valence-corrected chi connectivity index (χ3v) is 4.80. The second-order valence-electron chi connectivity index (χ2n) is 6.21. The Bertz CT molecular complexity index is 449. The highest BCUT2D eigenvalue weighted by atomic mass is 35.5. The van der Waals surface area contributed by atoms with Gasteiger partial charge in [0, 0.05) is 11.1 Å². The van der Waals surface area contributed by atoms with Crippen molar-refractivity contribution in [1.82, 2.24) is 5.32 Å². The van der Waals surface area contributed by atoms with E-state index in [1.54, 1.807) is 0 Å². The van der Waals surface area contributed by atoms with Crippen LogP contribution in [0.25, 0.3) is 0 Å². The van der Waals surface area contributed by atoms with E-state index >= 15 is 0 Å². The molecule has 2 nitrogen and oxygen atoms in total. The second kappa shape index (κ2) is 8.05. The van der Waals surface area contributed by atoms with Crippen molar-refractivity contribution in [3.8, 4) is 5.75 Å². The van der Waals surface area contributed by atoms with Gasteiger partial charge in [0.15, 0.2) is 0 Å². The second-order valence-corrected chi connectivity index (χ2v) is 6.65. The Morgan fingerprint density at radius 3 is 2.81 bits per heavy atom. The first-order valence-corrected chi connectivity index (χ1v) is 8.68. The zero-order valence-corrected chi connectivity index (χ0v) is 14.2. The Labute approximate surface area is 134 Å². The summed E-state index contributed by atoms with van der Waals surface area (Å²) >= 11 is 6.11. The Morgan fingerprint density at radius 2 is 2.10 bits per heavy atom. The molecule has 3 atom stereocenters. The van der Waals surface area contributed by atoms with Gasteiger partial charge in [-0.1, -0.05) is 37.9 Å². The fourth-order valence-electron chi connectivity index (χ4n) is 3.14. The quantitative estimate of drug-likeness (QED) is 0.800. The molecule has 0 aliphatic heterocycles. The van der Waals surface area contributed by atoms with Gasteiger partial charge in [-0.15, -0.1) is 0 Å². The van der Waals surface area contributed by atoms with Crippen molar-refractivity contribution >= 4 is 11.6 Å². The number of halogens is 1. The van der Waals surface area contributed by atoms with E-state index in [-0.39, 0.29) is 6.10 Å². The van der Waals surface area contributed by atoms with Gasteiger partial charge in [0.05, 0.1) is 0 Å². The lowest BCUT2D eigenvalue weighted by Gasteiger charge is -2.37. The third-order valence-electron chi connectivity index (χ3n) is 4.56. The van der Waals surface area contributed by atoms with Crippen LogP contribution >= 0.6 is 11.6 Å². The Morgan fingerprint density at radius 1 is 1.29 bits per heavy atom. The van der Waals surface area contributed by atoms with E-state index in [0.29, 0.717) is 6.04 Å². The largest absolute Gasteiger partial charge is 0.488 e. The predicted octanol–water partition coefficient (Wildman–Crippen LogP) is 4.97. The van der Waals surface area contributed by atoms with Crippen LogP contribution in [0.5, 0.6) is 5.75 Å². The summed E-state index contributed by atoms with van der Waals surface area (Å²) in [6.45, 7) is 7.64. The highest BCUT2D eigenvalue weighted by molar-refractivity contribution is 6.30. The van der Waals surface area contributed by atoms with Crippen LogP contribution in [0.2, 0.25) is 5.02 Å². The molecule has 0 spiro atoms. The van der Waals surface area contributed by atoms with Crippen LogP contribution in [-0.2, 0) is 0 Å². The van der Waals surface area contributed by atoms with E-state index < -0.39 is 0 Å². The normalized spacial score (nSPS) is 25.8. The average Bonchev–Trinajstić information content (AvgIpc) is 2.49. The van der Waals surface area contributed by atoms with Crippen molar-refractivity contribution in [2.24, 2.45) is 5.92 Å². The Hall–Kier alpha value is -0.730. The smallest absolute Gasteiger partial charge is 0.124 e. The summed E-state index contributed by atoms with van der Waals surface area (Å²) in [6, 6.07) is 6.37. The van der Waals surface area contributed by atoms with Crippen molar-refractivity contribution < 1.29 is 4.74 Å². The van der Waals surface area contributed by atoms with Gasteiger partial charge in [-0.2, -0.15) is 0 Å². The van der Waals surface area contributed by atoms with E-state index in [9.17, 15) is 0 Å². The van der Waals surface area contributed by atoms with Crippen LogP contribution in [0.1, 0.15) is 51.5 Å². The molecule has 0 amide bonds. The minimum absolute atomic E-state index is 0.257. The van der Waals surface area contributed by atoms with Crippen molar-refractivity contribution in [1.29, 1.82) is 0 Å². The number of benzene rings is 1. The zero-order chi connectivity index (χ0) is 15.2. The molecule has 3 unspecified atom stereocenters. The molecule has 3 heteroatoms. The molecule has 0 heterocycles. The molecule has 21 heavy (non-hydrogen) atoms. The van der Waals surface area contributed by atoms with Crippen LogP contribution < -0.4 is 10.1 Å². The molecule has 1 aliphatic rings. The van der Waals surface area contributed by atoms with Gasteiger partial charge < -0.3 is 10.1 Å². The summed E-state index contributed by atoms with van der Waals surface area (Å²) < 4.78 is 6.36. The average molecular weight is 310 g/mol. The summed E-state index contributed by atoms with van der Waals surface area (Å²) in [5.74, 6) is 1.72. The maximum atomic E-state index is 6.36. The van der Waals surface area contributed by atoms with Gasteiger partial charge in [0.2, 0.25) is 0 Å². The topological polar surface area (TPSA) is 21.3 Å². The summed E-state index contributed by atoms with van der Waals surface area (Å²) in [4.78, 5) is 0. The van der Waals surface area contributed by atoms with Crippen LogP contribution in [-0.4, -0.2) is 18.7 Å². The van der Waals surface area contributed by atoms with Crippen LogP contribution in [0.3, 0.4) is 0 Å². The minimum Gasteiger partial charge on any atom is -0.488 e. The molecule has 0 saturated heterocycles. The molecule has 1 fully saturated rings. The lowest BCUT2D eigenvalue weighted by atomic mass is 9.82. The molecule has 1 saturated carbocycles. The highest BCUT2D eigenvalue weighted by Crippen LogP contribution is 2.32. The van der Waals surface area contributed by atoms with Gasteiger partial charge in [-0.05, 0) is 62.8 Å². The molecule has 1 aromatic carbocycles. The number of rotatable bonds is 6. The Kier molecular flexibility index (Phi) is 6.38. The van der Waals surface area contributed by atoms with Gasteiger partial charge in [-0.25, -0.2) is 0 Å². The molecule has 118 valence electrons. The van der Waals surface area contributed by atoms with E-state index in [0.717, 1.165) is 41.6 Å². The maximum Gasteiger partial charge on any atom is 0.124 e. The first-order chi connectivity index (χ1) is 10.1. The first-order valence-electron chi connectivity index (χ1n) is 8.30. The summed E-state index contributed by atoms with van der Waals surface area (Å²) in [5, 5.41) is 4.41. The van der Waals surface area contributed by atoms with Gasteiger partial charge in [0.1, 0.15) is 11.9 Å². The Balaban J connectivity index is 2.09. The standard InChI is InChI=1S/C18H28ClNO/c1-4-10-20-16-9-7-14(5-2)11-18(16)21-17-12-15(19)8-6-13(17)3/h6,8,12,14,16,18,20H,4-5,7,9-11H2,1-3H3.